The van der Waals surface area contributed by atoms with E-state index >= 15 is 0 Å². The summed E-state index contributed by atoms with van der Waals surface area (Å²) in [6.07, 6.45) is 3.07. The zero-order valence-electron chi connectivity index (χ0n) is 19.3. The van der Waals surface area contributed by atoms with Gasteiger partial charge in [0.05, 0.1) is 16.6 Å². The van der Waals surface area contributed by atoms with Crippen molar-refractivity contribution < 1.29 is 13.2 Å². The predicted octanol–water partition coefficient (Wildman–Crippen LogP) is 1.14. The van der Waals surface area contributed by atoms with Gasteiger partial charge in [-0.1, -0.05) is 11.6 Å². The third-order valence-corrected chi connectivity index (χ3v) is 6.95. The van der Waals surface area contributed by atoms with Crippen LogP contribution in [-0.4, -0.2) is 64.3 Å². The van der Waals surface area contributed by atoms with Crippen LogP contribution in [0.25, 0.3) is 11.4 Å². The van der Waals surface area contributed by atoms with Gasteiger partial charge in [-0.05, 0) is 43.7 Å². The van der Waals surface area contributed by atoms with E-state index in [2.05, 4.69) is 20.4 Å². The van der Waals surface area contributed by atoms with Crippen molar-refractivity contribution in [3.05, 3.63) is 75.2 Å². The number of sulfonamides is 1. The van der Waals surface area contributed by atoms with Gasteiger partial charge in [-0.25, -0.2) is 23.2 Å². The number of aromatic nitrogens is 4. The van der Waals surface area contributed by atoms with E-state index in [1.165, 1.54) is 34.2 Å². The predicted molar refractivity (Wildman–Crippen MR) is 134 cm³/mol. The minimum atomic E-state index is -3.99. The third-order valence-electron chi connectivity index (χ3n) is 5.84. The zero-order valence-corrected chi connectivity index (χ0v) is 20.9. The molecule has 1 atom stereocenters. The Labute approximate surface area is 211 Å². The molecule has 3 heterocycles. The number of nitrogens with zero attached hydrogens (tertiary/aromatic N) is 4. The van der Waals surface area contributed by atoms with E-state index in [4.69, 9.17) is 22.1 Å². The Morgan fingerprint density at radius 2 is 2.08 bits per heavy atom. The standard InChI is InChI=1S/C22H23ClN8O4S/c1-12-18(24)16(19(26-2)13-8-14(23)10-15(9-13)36(25,34)35)5-7-30(12)22(33)20-28-11-31(29-20)17-4-3-6-27-21(17)32/h3-4,6,8-12,24,26H,5,7H2,1-2H3,(H,27,32)(H2,25,34,35)/b19-16-,24-18?. The van der Waals surface area contributed by atoms with Gasteiger partial charge in [-0.3, -0.25) is 9.59 Å². The lowest BCUT2D eigenvalue weighted by molar-refractivity contribution is 0.0716. The van der Waals surface area contributed by atoms with Gasteiger partial charge in [0.15, 0.2) is 0 Å². The second-order valence-corrected chi connectivity index (χ2v) is 10.1. The highest BCUT2D eigenvalue weighted by Gasteiger charge is 2.34. The van der Waals surface area contributed by atoms with E-state index in [0.29, 0.717) is 23.3 Å². The number of carbonyl (C=O) groups is 1. The maximum atomic E-state index is 13.2. The van der Waals surface area contributed by atoms with Crippen LogP contribution in [0.3, 0.4) is 0 Å². The number of nitrogens with two attached hydrogens (primary N) is 1. The Kier molecular flexibility index (Phi) is 6.80. The molecule has 1 amide bonds. The lowest BCUT2D eigenvalue weighted by atomic mass is 9.91. The van der Waals surface area contributed by atoms with E-state index in [0.717, 1.165) is 0 Å². The largest absolute Gasteiger partial charge is 0.387 e. The van der Waals surface area contributed by atoms with Crippen molar-refractivity contribution in [3.63, 3.8) is 0 Å². The number of H-pyrrole nitrogens is 1. The van der Waals surface area contributed by atoms with Crippen molar-refractivity contribution in [1.82, 2.24) is 30.0 Å². The van der Waals surface area contributed by atoms with Crippen LogP contribution in [0.1, 0.15) is 29.5 Å². The molecule has 4 rings (SSSR count). The number of primary sulfonamides is 1. The Hall–Kier alpha value is -3.81. The number of hydrogen-bond acceptors (Lipinski definition) is 8. The summed E-state index contributed by atoms with van der Waals surface area (Å²) in [4.78, 5) is 33.1. The topological polar surface area (TPSA) is 180 Å². The summed E-state index contributed by atoms with van der Waals surface area (Å²) in [6.45, 7) is 1.96. The summed E-state index contributed by atoms with van der Waals surface area (Å²) in [5, 5.41) is 21.4. The van der Waals surface area contributed by atoms with E-state index in [1.807, 2.05) is 0 Å². The molecule has 0 radical (unpaired) electrons. The van der Waals surface area contributed by atoms with Crippen molar-refractivity contribution in [2.45, 2.75) is 24.3 Å². The SMILES string of the molecule is CN/C(=C1/CCN(C(=O)c2ncn(-c3ccc[nH]c3=O)n2)C(C)C1=N)c1cc(Cl)cc(S(N)(=O)=O)c1. The summed E-state index contributed by atoms with van der Waals surface area (Å²) < 4.78 is 25.0. The van der Waals surface area contributed by atoms with E-state index in [9.17, 15) is 18.0 Å². The Bertz CT molecular complexity index is 1560. The Morgan fingerprint density at radius 3 is 2.75 bits per heavy atom. The number of hydrogen-bond donors (Lipinski definition) is 4. The van der Waals surface area contributed by atoms with Crippen LogP contribution in [0, 0.1) is 5.41 Å². The molecule has 1 aliphatic heterocycles. The van der Waals surface area contributed by atoms with Crippen molar-refractivity contribution in [2.24, 2.45) is 5.14 Å². The number of aromatic amines is 1. The molecular formula is C22H23ClN8O4S. The average molecular weight is 531 g/mol. The number of nitrogens with one attached hydrogen (secondary N) is 3. The normalized spacial score (nSPS) is 17.7. The molecule has 1 unspecified atom stereocenters. The first kappa shape index (κ1) is 25.3. The van der Waals surface area contributed by atoms with Crippen molar-refractivity contribution >= 4 is 38.9 Å². The fraction of sp³-hybridized carbons (Fsp3) is 0.227. The van der Waals surface area contributed by atoms with Crippen LogP contribution in [0.15, 0.2) is 58.1 Å². The number of halogens is 1. The van der Waals surface area contributed by atoms with Crippen LogP contribution in [-0.2, 0) is 10.0 Å². The molecule has 1 saturated heterocycles. The number of carbonyl (C=O) groups excluding carboxylic acids is 1. The van der Waals surface area contributed by atoms with Gasteiger partial charge >= 0.3 is 0 Å². The maximum Gasteiger partial charge on any atom is 0.294 e. The summed E-state index contributed by atoms with van der Waals surface area (Å²) in [5.74, 6) is -0.588. The van der Waals surface area contributed by atoms with Gasteiger partial charge < -0.3 is 20.6 Å². The summed E-state index contributed by atoms with van der Waals surface area (Å²) >= 11 is 6.14. The molecule has 36 heavy (non-hydrogen) atoms. The van der Waals surface area contributed by atoms with Crippen molar-refractivity contribution in [1.29, 1.82) is 5.41 Å². The van der Waals surface area contributed by atoms with Crippen molar-refractivity contribution in [2.75, 3.05) is 13.6 Å². The molecule has 188 valence electrons. The first-order valence-electron chi connectivity index (χ1n) is 10.8. The van der Waals surface area contributed by atoms with Gasteiger partial charge in [0.1, 0.15) is 12.0 Å². The highest BCUT2D eigenvalue weighted by atomic mass is 35.5. The van der Waals surface area contributed by atoms with Gasteiger partial charge in [-0.15, -0.1) is 5.10 Å². The highest BCUT2D eigenvalue weighted by molar-refractivity contribution is 7.89. The zero-order chi connectivity index (χ0) is 26.2. The number of rotatable bonds is 5. The molecule has 2 aromatic heterocycles. The smallest absolute Gasteiger partial charge is 0.294 e. The third kappa shape index (κ3) is 4.80. The fourth-order valence-electron chi connectivity index (χ4n) is 4.05. The number of likely N-dealkylation sites (tertiary alicyclic amines) is 1. The monoisotopic (exact) mass is 530 g/mol. The molecule has 0 aliphatic carbocycles. The molecule has 0 spiro atoms. The van der Waals surface area contributed by atoms with E-state index in [-0.39, 0.29) is 39.2 Å². The van der Waals surface area contributed by atoms with Gasteiger partial charge in [0, 0.05) is 41.6 Å². The molecule has 0 saturated carbocycles. The average Bonchev–Trinajstić information content (AvgIpc) is 3.31. The fourth-order valence-corrected chi connectivity index (χ4v) is 4.93. The number of pyridine rings is 1. The molecule has 14 heteroatoms. The lowest BCUT2D eigenvalue weighted by Gasteiger charge is -2.35. The number of piperidine rings is 1. The molecule has 1 aromatic carbocycles. The van der Waals surface area contributed by atoms with Crippen LogP contribution in [0.4, 0.5) is 0 Å². The van der Waals surface area contributed by atoms with Gasteiger partial charge in [0.2, 0.25) is 15.8 Å². The second-order valence-electron chi connectivity index (χ2n) is 8.06. The number of benzene rings is 1. The van der Waals surface area contributed by atoms with Gasteiger partial charge in [-0.2, -0.15) is 0 Å². The van der Waals surface area contributed by atoms with Gasteiger partial charge in [0.25, 0.3) is 11.5 Å². The minimum Gasteiger partial charge on any atom is -0.387 e. The summed E-state index contributed by atoms with van der Waals surface area (Å²) in [6, 6.07) is 6.77. The quantitative estimate of drug-likeness (QED) is 0.381. The Morgan fingerprint density at radius 1 is 1.33 bits per heavy atom. The first-order chi connectivity index (χ1) is 17.0. The highest BCUT2D eigenvalue weighted by Crippen LogP contribution is 2.29. The number of amides is 1. The molecule has 12 nitrogen and oxygen atoms in total. The van der Waals surface area contributed by atoms with E-state index in [1.54, 1.807) is 32.2 Å². The minimum absolute atomic E-state index is 0.105. The lowest BCUT2D eigenvalue weighted by Crippen LogP contribution is -2.48. The van der Waals surface area contributed by atoms with Crippen LogP contribution in [0.2, 0.25) is 5.02 Å². The maximum absolute atomic E-state index is 13.2. The summed E-state index contributed by atoms with van der Waals surface area (Å²) in [7, 11) is -2.34. The van der Waals surface area contributed by atoms with Crippen LogP contribution in [0.5, 0.6) is 0 Å². The molecule has 0 bridgehead atoms. The Balaban J connectivity index is 1.63. The van der Waals surface area contributed by atoms with Crippen molar-refractivity contribution in [3.8, 4) is 5.69 Å². The summed E-state index contributed by atoms with van der Waals surface area (Å²) in [5.41, 5.74) is 1.57. The van der Waals surface area contributed by atoms with Crippen LogP contribution >= 0.6 is 11.6 Å². The molecule has 1 fully saturated rings. The molecule has 5 N–H and O–H groups in total. The van der Waals surface area contributed by atoms with Crippen LogP contribution < -0.4 is 16.0 Å². The molecule has 3 aromatic rings. The second kappa shape index (κ2) is 9.68. The molecular weight excluding hydrogens is 508 g/mol. The van der Waals surface area contributed by atoms with E-state index < -0.39 is 22.0 Å². The first-order valence-corrected chi connectivity index (χ1v) is 12.7. The molecule has 1 aliphatic rings.